The van der Waals surface area contributed by atoms with E-state index in [0.29, 0.717) is 5.57 Å². The number of carbonyl (C=O) groups is 2. The maximum absolute atomic E-state index is 13.0. The molecule has 1 aliphatic rings. The average molecular weight is 484 g/mol. The van der Waals surface area contributed by atoms with Crippen molar-refractivity contribution in [3.05, 3.63) is 113 Å². The van der Waals surface area contributed by atoms with Crippen molar-refractivity contribution >= 4 is 24.5 Å². The Labute approximate surface area is 213 Å². The zero-order chi connectivity index (χ0) is 25.9. The number of hydrogen-bond donors (Lipinski definition) is 4. The summed E-state index contributed by atoms with van der Waals surface area (Å²) in [6.45, 7) is 4.19. The summed E-state index contributed by atoms with van der Waals surface area (Å²) in [5.41, 5.74) is 6.15. The fraction of sp³-hybridized carbons (Fsp3) is 0.241. The van der Waals surface area contributed by atoms with Gasteiger partial charge in [-0.2, -0.15) is 0 Å². The van der Waals surface area contributed by atoms with E-state index in [1.54, 1.807) is 0 Å². The van der Waals surface area contributed by atoms with Crippen molar-refractivity contribution in [1.82, 2.24) is 10.6 Å². The first-order chi connectivity index (χ1) is 17.3. The normalized spacial score (nSPS) is 12.7. The topological polar surface area (TPSA) is 98.7 Å². The Bertz CT molecular complexity index is 1160. The first-order valence-electron chi connectivity index (χ1n) is 12.1. The van der Waals surface area contributed by atoms with Gasteiger partial charge in [0.25, 0.3) is 5.91 Å². The van der Waals surface area contributed by atoms with Crippen LogP contribution in [-0.2, 0) is 16.0 Å². The first-order valence-corrected chi connectivity index (χ1v) is 12.1. The fourth-order valence-corrected chi connectivity index (χ4v) is 3.97. The molecule has 0 aromatic heterocycles. The van der Waals surface area contributed by atoms with E-state index in [1.807, 2.05) is 60.7 Å². The number of allylic oxidation sites excluding steroid dienone is 1. The molecule has 0 heterocycles. The third-order valence-electron chi connectivity index (χ3n) is 5.91. The lowest BCUT2D eigenvalue weighted by Gasteiger charge is -2.22. The second kappa shape index (κ2) is 13.4. The van der Waals surface area contributed by atoms with E-state index < -0.39 is 13.2 Å². The van der Waals surface area contributed by atoms with Crippen molar-refractivity contribution < 1.29 is 19.6 Å². The van der Waals surface area contributed by atoms with Crippen LogP contribution in [-0.4, -0.2) is 35.4 Å². The standard InChI is InChI=1S/C21H23BN2O4.C8H10/c25-20(23-14-22(27)28)13-19(16-8-2-1-3-9-16)24-21(26)18-12-6-10-15-7-4-5-11-17(15)18;1-7-3-5-8(2)6-4-7/h1-5,7-9,11-12,19,27-28H,6,10,13-14H2,(H,23,25)(H,24,26);3-6H,1-2H3. The summed E-state index contributed by atoms with van der Waals surface area (Å²) in [7, 11) is -1.61. The van der Waals surface area contributed by atoms with Gasteiger partial charge >= 0.3 is 7.12 Å². The smallest absolute Gasteiger partial charge is 0.426 e. The van der Waals surface area contributed by atoms with Gasteiger partial charge < -0.3 is 20.7 Å². The summed E-state index contributed by atoms with van der Waals surface area (Å²) in [5.74, 6) is -0.601. The van der Waals surface area contributed by atoms with Gasteiger partial charge in [-0.1, -0.05) is 96.1 Å². The molecule has 7 heteroatoms. The molecule has 3 aromatic carbocycles. The molecule has 1 aliphatic carbocycles. The van der Waals surface area contributed by atoms with Crippen LogP contribution in [0.15, 0.2) is 84.9 Å². The highest BCUT2D eigenvalue weighted by Crippen LogP contribution is 2.27. The molecular formula is C29H33BN2O4. The van der Waals surface area contributed by atoms with Gasteiger partial charge in [0.15, 0.2) is 0 Å². The Morgan fingerprint density at radius 1 is 0.889 bits per heavy atom. The van der Waals surface area contributed by atoms with Gasteiger partial charge in [-0.15, -0.1) is 0 Å². The van der Waals surface area contributed by atoms with Crippen molar-refractivity contribution in [3.8, 4) is 0 Å². The maximum Gasteiger partial charge on any atom is 0.472 e. The molecule has 2 amide bonds. The number of rotatable bonds is 7. The summed E-state index contributed by atoms with van der Waals surface area (Å²) in [4.78, 5) is 25.2. The molecule has 0 saturated heterocycles. The summed E-state index contributed by atoms with van der Waals surface area (Å²) in [6, 6.07) is 25.0. The lowest BCUT2D eigenvalue weighted by atomic mass is 9.90. The van der Waals surface area contributed by atoms with Crippen LogP contribution >= 0.6 is 0 Å². The zero-order valence-electron chi connectivity index (χ0n) is 20.8. The van der Waals surface area contributed by atoms with Crippen LogP contribution in [0.4, 0.5) is 0 Å². The molecule has 4 N–H and O–H groups in total. The van der Waals surface area contributed by atoms with Crippen LogP contribution in [0, 0.1) is 13.8 Å². The van der Waals surface area contributed by atoms with Gasteiger partial charge in [0.05, 0.1) is 18.9 Å². The van der Waals surface area contributed by atoms with Crippen molar-refractivity contribution in [2.24, 2.45) is 0 Å². The number of amides is 2. The minimum absolute atomic E-state index is 0.00258. The lowest BCUT2D eigenvalue weighted by Crippen LogP contribution is -2.38. The van der Waals surface area contributed by atoms with E-state index in [4.69, 9.17) is 10.0 Å². The molecule has 4 rings (SSSR count). The molecule has 1 unspecified atom stereocenters. The average Bonchev–Trinajstić information content (AvgIpc) is 2.89. The Morgan fingerprint density at radius 3 is 2.14 bits per heavy atom. The molecule has 6 nitrogen and oxygen atoms in total. The van der Waals surface area contributed by atoms with E-state index in [-0.39, 0.29) is 24.7 Å². The Hall–Kier alpha value is -3.68. The van der Waals surface area contributed by atoms with Crippen LogP contribution in [0.5, 0.6) is 0 Å². The lowest BCUT2D eigenvalue weighted by molar-refractivity contribution is -0.122. The van der Waals surface area contributed by atoms with Crippen molar-refractivity contribution in [2.45, 2.75) is 39.2 Å². The summed E-state index contributed by atoms with van der Waals surface area (Å²) >= 11 is 0. The Morgan fingerprint density at radius 2 is 1.50 bits per heavy atom. The van der Waals surface area contributed by atoms with Crippen LogP contribution in [0.25, 0.3) is 5.57 Å². The summed E-state index contributed by atoms with van der Waals surface area (Å²) < 4.78 is 0. The van der Waals surface area contributed by atoms with Crippen LogP contribution in [0.2, 0.25) is 0 Å². The maximum atomic E-state index is 13.0. The molecule has 0 radical (unpaired) electrons. The van der Waals surface area contributed by atoms with E-state index in [1.165, 1.54) is 11.1 Å². The quantitative estimate of drug-likeness (QED) is 0.385. The second-order valence-electron chi connectivity index (χ2n) is 8.89. The summed E-state index contributed by atoms with van der Waals surface area (Å²) in [5, 5.41) is 23.3. The zero-order valence-corrected chi connectivity index (χ0v) is 20.8. The number of fused-ring (bicyclic) bond motifs is 1. The van der Waals surface area contributed by atoms with E-state index in [9.17, 15) is 9.59 Å². The van der Waals surface area contributed by atoms with Gasteiger partial charge in [-0.3, -0.25) is 9.59 Å². The van der Waals surface area contributed by atoms with E-state index in [2.05, 4.69) is 48.7 Å². The first kappa shape index (κ1) is 26.9. The monoisotopic (exact) mass is 484 g/mol. The Kier molecular flexibility index (Phi) is 10.0. The van der Waals surface area contributed by atoms with Crippen LogP contribution in [0.3, 0.4) is 0 Å². The number of benzene rings is 3. The minimum Gasteiger partial charge on any atom is -0.426 e. The number of aryl methyl sites for hydroxylation is 3. The molecular weight excluding hydrogens is 451 g/mol. The highest BCUT2D eigenvalue weighted by molar-refractivity contribution is 6.41. The SMILES string of the molecule is Cc1ccc(C)cc1.O=C(CC(NC(=O)C1=CCCc2ccccc21)c1ccccc1)NCB(O)O. The molecule has 1 atom stereocenters. The van der Waals surface area contributed by atoms with Gasteiger partial charge in [0, 0.05) is 5.57 Å². The molecule has 0 bridgehead atoms. The molecule has 0 fully saturated rings. The van der Waals surface area contributed by atoms with E-state index >= 15 is 0 Å². The predicted octanol–water partition coefficient (Wildman–Crippen LogP) is 3.70. The highest BCUT2D eigenvalue weighted by atomic mass is 16.4. The largest absolute Gasteiger partial charge is 0.472 e. The van der Waals surface area contributed by atoms with Gasteiger partial charge in [0.1, 0.15) is 0 Å². The molecule has 0 aliphatic heterocycles. The second-order valence-corrected chi connectivity index (χ2v) is 8.89. The van der Waals surface area contributed by atoms with Gasteiger partial charge in [-0.05, 0) is 43.4 Å². The molecule has 0 spiro atoms. The molecule has 36 heavy (non-hydrogen) atoms. The predicted molar refractivity (Wildman–Crippen MR) is 144 cm³/mol. The minimum atomic E-state index is -1.61. The molecule has 0 saturated carbocycles. The summed E-state index contributed by atoms with van der Waals surface area (Å²) in [6.07, 6.45) is 3.37. The van der Waals surface area contributed by atoms with Gasteiger partial charge in [0.2, 0.25) is 5.91 Å². The van der Waals surface area contributed by atoms with Crippen molar-refractivity contribution in [2.75, 3.05) is 6.44 Å². The number of hydrogen-bond acceptors (Lipinski definition) is 4. The molecule has 186 valence electrons. The third kappa shape index (κ3) is 8.22. The number of carbonyl (C=O) groups excluding carboxylic acids is 2. The Balaban J connectivity index is 0.000000383. The third-order valence-corrected chi connectivity index (χ3v) is 5.91. The van der Waals surface area contributed by atoms with E-state index in [0.717, 1.165) is 29.5 Å². The van der Waals surface area contributed by atoms with Crippen LogP contribution in [0.1, 0.15) is 46.7 Å². The van der Waals surface area contributed by atoms with Gasteiger partial charge in [-0.25, -0.2) is 0 Å². The number of nitrogens with one attached hydrogen (secondary N) is 2. The van der Waals surface area contributed by atoms with Crippen LogP contribution < -0.4 is 10.6 Å². The van der Waals surface area contributed by atoms with Crippen molar-refractivity contribution in [3.63, 3.8) is 0 Å². The fourth-order valence-electron chi connectivity index (χ4n) is 3.97. The highest BCUT2D eigenvalue weighted by Gasteiger charge is 2.23. The molecule has 3 aromatic rings. The van der Waals surface area contributed by atoms with Crippen molar-refractivity contribution in [1.29, 1.82) is 0 Å².